The van der Waals surface area contributed by atoms with Gasteiger partial charge in [0.1, 0.15) is 0 Å². The van der Waals surface area contributed by atoms with Gasteiger partial charge in [-0.15, -0.1) is 0 Å². The lowest BCUT2D eigenvalue weighted by atomic mass is 9.80. The van der Waals surface area contributed by atoms with Crippen molar-refractivity contribution < 1.29 is 14.3 Å². The Bertz CT molecular complexity index is 499. The van der Waals surface area contributed by atoms with Crippen LogP contribution in [-0.4, -0.2) is 37.9 Å². The third-order valence-corrected chi connectivity index (χ3v) is 5.19. The van der Waals surface area contributed by atoms with E-state index in [0.717, 1.165) is 38.9 Å². The second kappa shape index (κ2) is 9.19. The first kappa shape index (κ1) is 17.4. The van der Waals surface area contributed by atoms with Gasteiger partial charge >= 0.3 is 0 Å². The summed E-state index contributed by atoms with van der Waals surface area (Å²) in [5.41, 5.74) is 1.35. The molecule has 1 heterocycles. The van der Waals surface area contributed by atoms with Gasteiger partial charge in [-0.05, 0) is 31.2 Å². The fourth-order valence-corrected chi connectivity index (χ4v) is 3.84. The molecule has 1 aromatic rings. The molecule has 2 fully saturated rings. The molecule has 4 heteroatoms. The Kier molecular flexibility index (Phi) is 6.67. The van der Waals surface area contributed by atoms with Crippen molar-refractivity contribution in [2.24, 2.45) is 0 Å². The number of rotatable bonds is 6. The first-order valence-electron chi connectivity index (χ1n) is 9.36. The zero-order chi connectivity index (χ0) is 16.6. The Balaban J connectivity index is 1.45. The summed E-state index contributed by atoms with van der Waals surface area (Å²) in [6.07, 6.45) is 7.29. The second-order valence-corrected chi connectivity index (χ2v) is 6.91. The van der Waals surface area contributed by atoms with Crippen molar-refractivity contribution in [2.75, 3.05) is 19.8 Å². The number of nitrogens with one attached hydrogen (secondary N) is 1. The molecule has 0 radical (unpaired) electrons. The van der Waals surface area contributed by atoms with Crippen molar-refractivity contribution in [3.05, 3.63) is 35.9 Å². The van der Waals surface area contributed by atoms with Crippen LogP contribution in [-0.2, 0) is 14.3 Å². The average Bonchev–Trinajstić information content (AvgIpc) is 2.64. The number of amides is 1. The monoisotopic (exact) mass is 331 g/mol. The van der Waals surface area contributed by atoms with Crippen LogP contribution < -0.4 is 5.32 Å². The smallest absolute Gasteiger partial charge is 0.222 e. The molecule has 1 saturated heterocycles. The lowest BCUT2D eigenvalue weighted by Crippen LogP contribution is -2.41. The lowest BCUT2D eigenvalue weighted by molar-refractivity contribution is -0.124. The normalized spacial score (nSPS) is 25.3. The molecule has 1 aliphatic heterocycles. The van der Waals surface area contributed by atoms with E-state index in [2.05, 4.69) is 29.6 Å². The third-order valence-electron chi connectivity index (χ3n) is 5.19. The highest BCUT2D eigenvalue weighted by molar-refractivity contribution is 5.76. The highest BCUT2D eigenvalue weighted by Crippen LogP contribution is 2.33. The van der Waals surface area contributed by atoms with Crippen LogP contribution in [0.1, 0.15) is 56.4 Å². The molecule has 4 nitrogen and oxygen atoms in total. The summed E-state index contributed by atoms with van der Waals surface area (Å²) >= 11 is 0. The van der Waals surface area contributed by atoms with Crippen LogP contribution in [0.15, 0.2) is 30.3 Å². The molecule has 3 rings (SSSR count). The molecule has 1 saturated carbocycles. The Hall–Kier alpha value is -1.39. The highest BCUT2D eigenvalue weighted by Gasteiger charge is 2.27. The van der Waals surface area contributed by atoms with E-state index in [4.69, 9.17) is 9.47 Å². The highest BCUT2D eigenvalue weighted by atomic mass is 16.5. The second-order valence-electron chi connectivity index (χ2n) is 6.91. The number of benzene rings is 1. The number of ether oxygens (including phenoxy) is 2. The minimum Gasteiger partial charge on any atom is -0.381 e. The van der Waals surface area contributed by atoms with Crippen LogP contribution in [0.5, 0.6) is 0 Å². The largest absolute Gasteiger partial charge is 0.381 e. The lowest BCUT2D eigenvalue weighted by Gasteiger charge is -2.32. The molecule has 1 amide bonds. The predicted molar refractivity (Wildman–Crippen MR) is 94.0 cm³/mol. The van der Waals surface area contributed by atoms with Gasteiger partial charge in [-0.1, -0.05) is 43.2 Å². The van der Waals surface area contributed by atoms with Crippen LogP contribution in [0.3, 0.4) is 0 Å². The van der Waals surface area contributed by atoms with E-state index in [9.17, 15) is 4.79 Å². The van der Waals surface area contributed by atoms with Gasteiger partial charge in [0.15, 0.2) is 0 Å². The van der Waals surface area contributed by atoms with Crippen molar-refractivity contribution in [3.63, 3.8) is 0 Å². The summed E-state index contributed by atoms with van der Waals surface area (Å²) in [5, 5.41) is 3.26. The Labute approximate surface area is 144 Å². The zero-order valence-corrected chi connectivity index (χ0v) is 14.4. The summed E-state index contributed by atoms with van der Waals surface area (Å²) in [6, 6.07) is 10.9. The van der Waals surface area contributed by atoms with Crippen molar-refractivity contribution in [1.29, 1.82) is 0 Å². The average molecular weight is 331 g/mol. The molecule has 0 bridgehead atoms. The molecular formula is C20H29NO3. The molecule has 24 heavy (non-hydrogen) atoms. The van der Waals surface area contributed by atoms with Crippen molar-refractivity contribution >= 4 is 5.91 Å². The maximum atomic E-state index is 12.3. The van der Waals surface area contributed by atoms with Gasteiger partial charge in [-0.3, -0.25) is 4.79 Å². The molecule has 132 valence electrons. The number of carbonyl (C=O) groups excluding carboxylic acids is 1. The van der Waals surface area contributed by atoms with Crippen molar-refractivity contribution in [2.45, 2.75) is 63.0 Å². The van der Waals surface area contributed by atoms with Gasteiger partial charge in [0, 0.05) is 31.6 Å². The van der Waals surface area contributed by atoms with Gasteiger partial charge in [0.25, 0.3) is 0 Å². The Morgan fingerprint density at radius 3 is 2.62 bits per heavy atom. The molecule has 1 aromatic carbocycles. The van der Waals surface area contributed by atoms with Gasteiger partial charge in [-0.2, -0.15) is 0 Å². The molecule has 1 aliphatic carbocycles. The number of hydrogen-bond acceptors (Lipinski definition) is 3. The van der Waals surface area contributed by atoms with E-state index >= 15 is 0 Å². The van der Waals surface area contributed by atoms with E-state index in [1.165, 1.54) is 18.4 Å². The summed E-state index contributed by atoms with van der Waals surface area (Å²) in [6.45, 7) is 2.06. The van der Waals surface area contributed by atoms with Crippen LogP contribution in [0.4, 0.5) is 0 Å². The SMILES string of the molecule is O=C(CCOC1CCOCC1)N[C@@H]1CCCC[C@H]1c1ccccc1. The molecule has 2 aliphatic rings. The van der Waals surface area contributed by atoms with E-state index in [1.807, 2.05) is 6.07 Å². The topological polar surface area (TPSA) is 47.6 Å². The molecule has 0 aromatic heterocycles. The van der Waals surface area contributed by atoms with Crippen molar-refractivity contribution in [3.8, 4) is 0 Å². The quantitative estimate of drug-likeness (QED) is 0.869. The summed E-state index contributed by atoms with van der Waals surface area (Å²) < 4.78 is 11.1. The third kappa shape index (κ3) is 5.05. The zero-order valence-electron chi connectivity index (χ0n) is 14.4. The van der Waals surface area contributed by atoms with E-state index in [1.54, 1.807) is 0 Å². The van der Waals surface area contributed by atoms with E-state index in [-0.39, 0.29) is 18.1 Å². The van der Waals surface area contributed by atoms with Gasteiger partial charge in [-0.25, -0.2) is 0 Å². The van der Waals surface area contributed by atoms with Crippen LogP contribution in [0, 0.1) is 0 Å². The predicted octanol–water partition coefficient (Wildman–Crippen LogP) is 3.41. The molecule has 0 spiro atoms. The standard InChI is InChI=1S/C20H29NO3/c22-20(12-15-24-17-10-13-23-14-11-17)21-19-9-5-4-8-18(19)16-6-2-1-3-7-16/h1-3,6-7,17-19H,4-5,8-15H2,(H,21,22)/t18-,19+/m0/s1. The van der Waals surface area contributed by atoms with E-state index in [0.29, 0.717) is 18.9 Å². The fourth-order valence-electron chi connectivity index (χ4n) is 3.84. The molecule has 1 N–H and O–H groups in total. The fraction of sp³-hybridized carbons (Fsp3) is 0.650. The Morgan fingerprint density at radius 2 is 1.83 bits per heavy atom. The minimum absolute atomic E-state index is 0.120. The van der Waals surface area contributed by atoms with E-state index < -0.39 is 0 Å². The van der Waals surface area contributed by atoms with Crippen LogP contribution in [0.2, 0.25) is 0 Å². The first-order chi connectivity index (χ1) is 11.8. The van der Waals surface area contributed by atoms with Gasteiger partial charge in [0.05, 0.1) is 12.7 Å². The summed E-state index contributed by atoms with van der Waals surface area (Å²) in [7, 11) is 0. The number of hydrogen-bond donors (Lipinski definition) is 1. The summed E-state index contributed by atoms with van der Waals surface area (Å²) in [4.78, 5) is 12.3. The molecular weight excluding hydrogens is 302 g/mol. The minimum atomic E-state index is 0.120. The van der Waals surface area contributed by atoms with Crippen molar-refractivity contribution in [1.82, 2.24) is 5.32 Å². The van der Waals surface area contributed by atoms with Gasteiger partial charge < -0.3 is 14.8 Å². The maximum Gasteiger partial charge on any atom is 0.222 e. The molecule has 0 unspecified atom stereocenters. The molecule has 2 atom stereocenters. The first-order valence-corrected chi connectivity index (χ1v) is 9.36. The Morgan fingerprint density at radius 1 is 1.08 bits per heavy atom. The van der Waals surface area contributed by atoms with Crippen LogP contribution >= 0.6 is 0 Å². The maximum absolute atomic E-state index is 12.3. The summed E-state index contributed by atoms with van der Waals surface area (Å²) in [5.74, 6) is 0.565. The van der Waals surface area contributed by atoms with Gasteiger partial charge in [0.2, 0.25) is 5.91 Å². The number of carbonyl (C=O) groups is 1. The van der Waals surface area contributed by atoms with Crippen LogP contribution in [0.25, 0.3) is 0 Å².